The SMILES string of the molecule is CC(C)NC(=O)CNC(=O)c1ccc(CNC(=O)NC(C)C)cc1. The Labute approximate surface area is 142 Å². The van der Waals surface area contributed by atoms with E-state index in [0.29, 0.717) is 12.1 Å². The first kappa shape index (κ1) is 19.5. The molecule has 0 saturated carbocycles. The number of amides is 4. The molecule has 0 fully saturated rings. The maximum Gasteiger partial charge on any atom is 0.315 e. The second-order valence-electron chi connectivity index (χ2n) is 6.08. The van der Waals surface area contributed by atoms with Gasteiger partial charge in [0, 0.05) is 24.2 Å². The van der Waals surface area contributed by atoms with Gasteiger partial charge in [0.25, 0.3) is 5.91 Å². The molecule has 0 aromatic heterocycles. The van der Waals surface area contributed by atoms with Gasteiger partial charge in [0.2, 0.25) is 5.91 Å². The molecule has 0 aliphatic rings. The Hall–Kier alpha value is -2.57. The number of carbonyl (C=O) groups is 3. The minimum absolute atomic E-state index is 0.0362. The van der Waals surface area contributed by atoms with E-state index in [-0.39, 0.29) is 36.5 Å². The lowest BCUT2D eigenvalue weighted by Gasteiger charge is -2.11. The predicted octanol–water partition coefficient (Wildman–Crippen LogP) is 1.15. The molecule has 1 aromatic carbocycles. The summed E-state index contributed by atoms with van der Waals surface area (Å²) >= 11 is 0. The summed E-state index contributed by atoms with van der Waals surface area (Å²) in [6.07, 6.45) is 0. The van der Waals surface area contributed by atoms with Crippen molar-refractivity contribution in [2.45, 2.75) is 46.3 Å². The van der Waals surface area contributed by atoms with Gasteiger partial charge in [0.05, 0.1) is 6.54 Å². The van der Waals surface area contributed by atoms with Gasteiger partial charge in [-0.3, -0.25) is 9.59 Å². The number of carbonyl (C=O) groups excluding carboxylic acids is 3. The lowest BCUT2D eigenvalue weighted by atomic mass is 10.1. The van der Waals surface area contributed by atoms with E-state index in [0.717, 1.165) is 5.56 Å². The molecule has 0 atom stereocenters. The average molecular weight is 334 g/mol. The van der Waals surface area contributed by atoms with Crippen LogP contribution in [0.25, 0.3) is 0 Å². The molecule has 0 bridgehead atoms. The number of nitrogens with one attached hydrogen (secondary N) is 4. The third-order valence-corrected chi connectivity index (χ3v) is 2.95. The van der Waals surface area contributed by atoms with Gasteiger partial charge in [-0.1, -0.05) is 12.1 Å². The van der Waals surface area contributed by atoms with E-state index >= 15 is 0 Å². The van der Waals surface area contributed by atoms with E-state index in [2.05, 4.69) is 21.3 Å². The van der Waals surface area contributed by atoms with Crippen LogP contribution in [0, 0.1) is 0 Å². The van der Waals surface area contributed by atoms with Gasteiger partial charge in [0.1, 0.15) is 0 Å². The molecule has 7 heteroatoms. The molecular formula is C17H26N4O3. The van der Waals surface area contributed by atoms with Crippen molar-refractivity contribution in [2.24, 2.45) is 0 Å². The summed E-state index contributed by atoms with van der Waals surface area (Å²) in [5.74, 6) is -0.540. The summed E-state index contributed by atoms with van der Waals surface area (Å²) in [6.45, 7) is 7.79. The highest BCUT2D eigenvalue weighted by molar-refractivity contribution is 5.96. The van der Waals surface area contributed by atoms with Crippen molar-refractivity contribution in [3.8, 4) is 0 Å². The highest BCUT2D eigenvalue weighted by Crippen LogP contribution is 2.04. The number of hydrogen-bond acceptors (Lipinski definition) is 3. The second-order valence-corrected chi connectivity index (χ2v) is 6.08. The lowest BCUT2D eigenvalue weighted by molar-refractivity contribution is -0.120. The van der Waals surface area contributed by atoms with Crippen LogP contribution in [0.4, 0.5) is 4.79 Å². The van der Waals surface area contributed by atoms with Crippen molar-refractivity contribution < 1.29 is 14.4 Å². The lowest BCUT2D eigenvalue weighted by Crippen LogP contribution is -2.39. The molecule has 0 unspecified atom stereocenters. The summed E-state index contributed by atoms with van der Waals surface area (Å²) in [6, 6.07) is 6.72. The fraction of sp³-hybridized carbons (Fsp3) is 0.471. The summed E-state index contributed by atoms with van der Waals surface area (Å²) in [4.78, 5) is 35.0. The second kappa shape index (κ2) is 9.54. The largest absolute Gasteiger partial charge is 0.352 e. The molecule has 0 saturated heterocycles. The first-order chi connectivity index (χ1) is 11.3. The zero-order valence-electron chi connectivity index (χ0n) is 14.6. The molecule has 0 aliphatic carbocycles. The van der Waals surface area contributed by atoms with E-state index in [1.807, 2.05) is 27.7 Å². The molecule has 4 amide bonds. The van der Waals surface area contributed by atoms with Crippen molar-refractivity contribution in [3.63, 3.8) is 0 Å². The molecule has 0 aliphatic heterocycles. The molecule has 0 radical (unpaired) electrons. The third kappa shape index (κ3) is 7.62. The van der Waals surface area contributed by atoms with Gasteiger partial charge in [-0.25, -0.2) is 4.79 Å². The van der Waals surface area contributed by atoms with Gasteiger partial charge < -0.3 is 21.3 Å². The minimum Gasteiger partial charge on any atom is -0.352 e. The van der Waals surface area contributed by atoms with Crippen LogP contribution in [-0.4, -0.2) is 36.5 Å². The smallest absolute Gasteiger partial charge is 0.315 e. The summed E-state index contributed by atoms with van der Waals surface area (Å²) in [7, 11) is 0. The Morgan fingerprint density at radius 1 is 0.875 bits per heavy atom. The van der Waals surface area contributed by atoms with Crippen LogP contribution in [0.2, 0.25) is 0 Å². The van der Waals surface area contributed by atoms with Crippen LogP contribution in [-0.2, 0) is 11.3 Å². The quantitative estimate of drug-likeness (QED) is 0.602. The van der Waals surface area contributed by atoms with Gasteiger partial charge in [0.15, 0.2) is 0 Å². The molecule has 4 N–H and O–H groups in total. The van der Waals surface area contributed by atoms with Crippen molar-refractivity contribution >= 4 is 17.8 Å². The van der Waals surface area contributed by atoms with Gasteiger partial charge in [-0.05, 0) is 45.4 Å². The zero-order chi connectivity index (χ0) is 18.1. The normalized spacial score (nSPS) is 10.4. The molecule has 7 nitrogen and oxygen atoms in total. The fourth-order valence-corrected chi connectivity index (χ4v) is 1.91. The molecule has 1 aromatic rings. The van der Waals surface area contributed by atoms with Crippen LogP contribution in [0.1, 0.15) is 43.6 Å². The summed E-state index contributed by atoms with van der Waals surface area (Å²) in [5, 5.41) is 10.7. The average Bonchev–Trinajstić information content (AvgIpc) is 2.50. The molecule has 1 rings (SSSR count). The molecular weight excluding hydrogens is 308 g/mol. The van der Waals surface area contributed by atoms with E-state index in [1.54, 1.807) is 24.3 Å². The summed E-state index contributed by atoms with van der Waals surface area (Å²) in [5.41, 5.74) is 1.34. The van der Waals surface area contributed by atoms with Crippen molar-refractivity contribution in [2.75, 3.05) is 6.54 Å². The number of urea groups is 1. The van der Waals surface area contributed by atoms with Gasteiger partial charge in [-0.15, -0.1) is 0 Å². The summed E-state index contributed by atoms with van der Waals surface area (Å²) < 4.78 is 0. The molecule has 24 heavy (non-hydrogen) atoms. The van der Waals surface area contributed by atoms with E-state index in [1.165, 1.54) is 0 Å². The maximum absolute atomic E-state index is 12.0. The number of hydrogen-bond donors (Lipinski definition) is 4. The minimum atomic E-state index is -0.314. The predicted molar refractivity (Wildman–Crippen MR) is 92.6 cm³/mol. The zero-order valence-corrected chi connectivity index (χ0v) is 14.6. The molecule has 0 heterocycles. The van der Waals surface area contributed by atoms with Crippen molar-refractivity contribution in [1.82, 2.24) is 21.3 Å². The third-order valence-electron chi connectivity index (χ3n) is 2.95. The van der Waals surface area contributed by atoms with E-state index in [4.69, 9.17) is 0 Å². The standard InChI is InChI=1S/C17H26N4O3/c1-11(2)20-15(22)10-18-16(23)14-7-5-13(6-8-14)9-19-17(24)21-12(3)4/h5-8,11-12H,9-10H2,1-4H3,(H,18,23)(H,20,22)(H2,19,21,24). The van der Waals surface area contributed by atoms with Crippen molar-refractivity contribution in [1.29, 1.82) is 0 Å². The van der Waals surface area contributed by atoms with E-state index < -0.39 is 0 Å². The first-order valence-electron chi connectivity index (χ1n) is 7.98. The van der Waals surface area contributed by atoms with Crippen LogP contribution >= 0.6 is 0 Å². The number of rotatable bonds is 7. The highest BCUT2D eigenvalue weighted by atomic mass is 16.2. The molecule has 0 spiro atoms. The van der Waals surface area contributed by atoms with Crippen LogP contribution in [0.5, 0.6) is 0 Å². The Kier molecular flexibility index (Phi) is 7.74. The van der Waals surface area contributed by atoms with Crippen molar-refractivity contribution in [3.05, 3.63) is 35.4 Å². The highest BCUT2D eigenvalue weighted by Gasteiger charge is 2.09. The Bertz CT molecular complexity index is 568. The van der Waals surface area contributed by atoms with Crippen LogP contribution in [0.3, 0.4) is 0 Å². The van der Waals surface area contributed by atoms with Crippen LogP contribution < -0.4 is 21.3 Å². The van der Waals surface area contributed by atoms with Crippen LogP contribution in [0.15, 0.2) is 24.3 Å². The number of benzene rings is 1. The van der Waals surface area contributed by atoms with Gasteiger partial charge in [-0.2, -0.15) is 0 Å². The Morgan fingerprint density at radius 2 is 1.46 bits per heavy atom. The molecule has 132 valence electrons. The van der Waals surface area contributed by atoms with E-state index in [9.17, 15) is 14.4 Å². The monoisotopic (exact) mass is 334 g/mol. The maximum atomic E-state index is 12.0. The fourth-order valence-electron chi connectivity index (χ4n) is 1.91. The Morgan fingerprint density at radius 3 is 2.00 bits per heavy atom. The van der Waals surface area contributed by atoms with Gasteiger partial charge >= 0.3 is 6.03 Å². The topological polar surface area (TPSA) is 99.3 Å². The Balaban J connectivity index is 2.44. The first-order valence-corrected chi connectivity index (χ1v) is 7.98.